The van der Waals surface area contributed by atoms with Crippen LogP contribution >= 0.6 is 0 Å². The van der Waals surface area contributed by atoms with Crippen molar-refractivity contribution in [1.29, 1.82) is 0 Å². The van der Waals surface area contributed by atoms with Gasteiger partial charge < -0.3 is 15.3 Å². The SMILES string of the molecule is CC(NC(=O)CCCC(=O)O)C(=O)N1CCCCC1. The van der Waals surface area contributed by atoms with Gasteiger partial charge in [0, 0.05) is 25.9 Å². The van der Waals surface area contributed by atoms with Crippen molar-refractivity contribution in [3.8, 4) is 0 Å². The van der Waals surface area contributed by atoms with Gasteiger partial charge in [0.2, 0.25) is 11.8 Å². The number of likely N-dealkylation sites (tertiary alicyclic amines) is 1. The summed E-state index contributed by atoms with van der Waals surface area (Å²) in [7, 11) is 0. The van der Waals surface area contributed by atoms with Crippen molar-refractivity contribution < 1.29 is 19.5 Å². The molecule has 0 saturated carbocycles. The van der Waals surface area contributed by atoms with Crippen molar-refractivity contribution in [1.82, 2.24) is 10.2 Å². The van der Waals surface area contributed by atoms with Gasteiger partial charge in [-0.2, -0.15) is 0 Å². The third-order valence-electron chi connectivity index (χ3n) is 3.21. The van der Waals surface area contributed by atoms with Gasteiger partial charge >= 0.3 is 5.97 Å². The molecule has 108 valence electrons. The summed E-state index contributed by atoms with van der Waals surface area (Å²) in [6.07, 6.45) is 3.60. The molecule has 6 nitrogen and oxygen atoms in total. The number of carboxylic acid groups (broad SMARTS) is 1. The van der Waals surface area contributed by atoms with E-state index in [0.717, 1.165) is 32.4 Å². The fraction of sp³-hybridized carbons (Fsp3) is 0.769. The number of carboxylic acids is 1. The van der Waals surface area contributed by atoms with Crippen LogP contribution in [0.4, 0.5) is 0 Å². The second-order valence-corrected chi connectivity index (χ2v) is 4.92. The summed E-state index contributed by atoms with van der Waals surface area (Å²) in [6.45, 7) is 3.20. The van der Waals surface area contributed by atoms with Crippen LogP contribution in [-0.4, -0.2) is 46.9 Å². The number of hydrogen-bond donors (Lipinski definition) is 2. The first-order chi connectivity index (χ1) is 9.00. The topological polar surface area (TPSA) is 86.7 Å². The van der Waals surface area contributed by atoms with E-state index < -0.39 is 12.0 Å². The van der Waals surface area contributed by atoms with E-state index in [1.165, 1.54) is 0 Å². The maximum Gasteiger partial charge on any atom is 0.303 e. The lowest BCUT2D eigenvalue weighted by atomic mass is 10.1. The van der Waals surface area contributed by atoms with Crippen LogP contribution in [-0.2, 0) is 14.4 Å². The Morgan fingerprint density at radius 2 is 1.79 bits per heavy atom. The molecular weight excluding hydrogens is 248 g/mol. The molecule has 0 aromatic rings. The molecule has 0 aromatic heterocycles. The van der Waals surface area contributed by atoms with Crippen LogP contribution in [0.3, 0.4) is 0 Å². The average molecular weight is 270 g/mol. The van der Waals surface area contributed by atoms with Crippen LogP contribution in [0, 0.1) is 0 Å². The molecule has 1 aliphatic heterocycles. The van der Waals surface area contributed by atoms with E-state index in [9.17, 15) is 14.4 Å². The molecule has 1 rings (SSSR count). The monoisotopic (exact) mass is 270 g/mol. The first-order valence-electron chi connectivity index (χ1n) is 6.80. The zero-order valence-electron chi connectivity index (χ0n) is 11.4. The van der Waals surface area contributed by atoms with Gasteiger partial charge in [0.25, 0.3) is 0 Å². The zero-order chi connectivity index (χ0) is 14.3. The van der Waals surface area contributed by atoms with Gasteiger partial charge in [0.05, 0.1) is 0 Å². The number of piperidine rings is 1. The Balaban J connectivity index is 2.28. The highest BCUT2D eigenvalue weighted by Crippen LogP contribution is 2.10. The first-order valence-corrected chi connectivity index (χ1v) is 6.80. The Morgan fingerprint density at radius 1 is 1.16 bits per heavy atom. The summed E-state index contributed by atoms with van der Waals surface area (Å²) in [4.78, 5) is 35.7. The van der Waals surface area contributed by atoms with Crippen molar-refractivity contribution >= 4 is 17.8 Å². The number of amides is 2. The number of aliphatic carboxylic acids is 1. The fourth-order valence-corrected chi connectivity index (χ4v) is 2.16. The number of nitrogens with zero attached hydrogens (tertiary/aromatic N) is 1. The van der Waals surface area contributed by atoms with Crippen molar-refractivity contribution in [3.63, 3.8) is 0 Å². The Hall–Kier alpha value is -1.59. The third kappa shape index (κ3) is 5.72. The lowest BCUT2D eigenvalue weighted by Gasteiger charge is -2.29. The van der Waals surface area contributed by atoms with Crippen LogP contribution in [0.1, 0.15) is 45.4 Å². The second kappa shape index (κ2) is 7.76. The van der Waals surface area contributed by atoms with Crippen molar-refractivity contribution in [2.24, 2.45) is 0 Å². The Labute approximate surface area is 113 Å². The van der Waals surface area contributed by atoms with Crippen molar-refractivity contribution in [2.75, 3.05) is 13.1 Å². The summed E-state index contributed by atoms with van der Waals surface area (Å²) in [5.41, 5.74) is 0. The molecule has 1 atom stereocenters. The summed E-state index contributed by atoms with van der Waals surface area (Å²) in [5.74, 6) is -1.23. The highest BCUT2D eigenvalue weighted by molar-refractivity contribution is 5.87. The molecule has 1 unspecified atom stereocenters. The first kappa shape index (κ1) is 15.5. The van der Waals surface area contributed by atoms with Crippen LogP contribution in [0.15, 0.2) is 0 Å². The van der Waals surface area contributed by atoms with Gasteiger partial charge in [-0.15, -0.1) is 0 Å². The van der Waals surface area contributed by atoms with Gasteiger partial charge in [0.15, 0.2) is 0 Å². The van der Waals surface area contributed by atoms with E-state index in [4.69, 9.17) is 5.11 Å². The molecule has 1 heterocycles. The van der Waals surface area contributed by atoms with Gasteiger partial charge in [-0.25, -0.2) is 0 Å². The number of hydrogen-bond acceptors (Lipinski definition) is 3. The van der Waals surface area contributed by atoms with Gasteiger partial charge in [-0.3, -0.25) is 14.4 Å². The largest absolute Gasteiger partial charge is 0.481 e. The predicted molar refractivity (Wildman–Crippen MR) is 69.5 cm³/mol. The normalized spacial score (nSPS) is 16.8. The number of carbonyl (C=O) groups is 3. The quantitative estimate of drug-likeness (QED) is 0.746. The molecule has 19 heavy (non-hydrogen) atoms. The highest BCUT2D eigenvalue weighted by Gasteiger charge is 2.23. The molecule has 1 fully saturated rings. The minimum absolute atomic E-state index is 0.0259. The lowest BCUT2D eigenvalue weighted by molar-refractivity contribution is -0.138. The Morgan fingerprint density at radius 3 is 2.37 bits per heavy atom. The van der Waals surface area contributed by atoms with Crippen LogP contribution in [0.2, 0.25) is 0 Å². The van der Waals surface area contributed by atoms with Gasteiger partial charge in [-0.05, 0) is 32.6 Å². The molecule has 1 saturated heterocycles. The molecule has 0 aliphatic carbocycles. The van der Waals surface area contributed by atoms with E-state index in [2.05, 4.69) is 5.32 Å². The summed E-state index contributed by atoms with van der Waals surface area (Å²) >= 11 is 0. The van der Waals surface area contributed by atoms with Gasteiger partial charge in [0.1, 0.15) is 6.04 Å². The van der Waals surface area contributed by atoms with E-state index >= 15 is 0 Å². The lowest BCUT2D eigenvalue weighted by Crippen LogP contribution is -2.48. The number of nitrogens with one attached hydrogen (secondary N) is 1. The fourth-order valence-electron chi connectivity index (χ4n) is 2.16. The Kier molecular flexibility index (Phi) is 6.32. The summed E-state index contributed by atoms with van der Waals surface area (Å²) < 4.78 is 0. The van der Waals surface area contributed by atoms with E-state index in [1.807, 2.05) is 0 Å². The van der Waals surface area contributed by atoms with E-state index in [-0.39, 0.29) is 24.7 Å². The van der Waals surface area contributed by atoms with Crippen LogP contribution in [0.5, 0.6) is 0 Å². The zero-order valence-corrected chi connectivity index (χ0v) is 11.4. The molecule has 2 N–H and O–H groups in total. The second-order valence-electron chi connectivity index (χ2n) is 4.92. The van der Waals surface area contributed by atoms with Crippen LogP contribution < -0.4 is 5.32 Å². The van der Waals surface area contributed by atoms with E-state index in [1.54, 1.807) is 11.8 Å². The molecule has 6 heteroatoms. The maximum absolute atomic E-state index is 12.0. The summed E-state index contributed by atoms with van der Waals surface area (Å²) in [5, 5.41) is 11.1. The molecule has 0 aromatic carbocycles. The molecule has 2 amide bonds. The van der Waals surface area contributed by atoms with Crippen LogP contribution in [0.25, 0.3) is 0 Å². The minimum atomic E-state index is -0.912. The predicted octanol–water partition coefficient (Wildman–Crippen LogP) is 0.758. The molecule has 0 bridgehead atoms. The van der Waals surface area contributed by atoms with Gasteiger partial charge in [-0.1, -0.05) is 0 Å². The molecule has 0 spiro atoms. The molecule has 1 aliphatic rings. The molecular formula is C13H22N2O4. The minimum Gasteiger partial charge on any atom is -0.481 e. The molecule has 0 radical (unpaired) electrons. The van der Waals surface area contributed by atoms with Crippen molar-refractivity contribution in [2.45, 2.75) is 51.5 Å². The average Bonchev–Trinajstić information content (AvgIpc) is 2.38. The third-order valence-corrected chi connectivity index (χ3v) is 3.21. The Bertz CT molecular complexity index is 338. The summed E-state index contributed by atoms with van der Waals surface area (Å²) in [6, 6.07) is -0.532. The number of carbonyl (C=O) groups excluding carboxylic acids is 2. The smallest absolute Gasteiger partial charge is 0.303 e. The van der Waals surface area contributed by atoms with E-state index in [0.29, 0.717) is 6.42 Å². The van der Waals surface area contributed by atoms with Crippen molar-refractivity contribution in [3.05, 3.63) is 0 Å². The standard InChI is InChI=1S/C13H22N2O4/c1-10(13(19)15-8-3-2-4-9-15)14-11(16)6-5-7-12(17)18/h10H,2-9H2,1H3,(H,14,16)(H,17,18). The maximum atomic E-state index is 12.0. The number of rotatable bonds is 6. The highest BCUT2D eigenvalue weighted by atomic mass is 16.4.